The lowest BCUT2D eigenvalue weighted by molar-refractivity contribution is -0.131. The van der Waals surface area contributed by atoms with Gasteiger partial charge in [-0.3, -0.25) is 9.59 Å². The van der Waals surface area contributed by atoms with Gasteiger partial charge < -0.3 is 15.0 Å². The van der Waals surface area contributed by atoms with Gasteiger partial charge in [-0.05, 0) is 22.0 Å². The van der Waals surface area contributed by atoms with Gasteiger partial charge in [0.15, 0.2) is 0 Å². The standard InChI is InChI=1S/C13H16BrN3O3/c1-9(18)15-7-13(19)17-5-4-11(8-17)20-12-3-2-10(14)6-16-12/h2-3,6,11H,4-5,7-8H2,1H3,(H,15,18). The largest absolute Gasteiger partial charge is 0.472 e. The molecule has 6 nitrogen and oxygen atoms in total. The third-order valence-electron chi connectivity index (χ3n) is 2.97. The van der Waals surface area contributed by atoms with Crippen LogP contribution in [0.25, 0.3) is 0 Å². The number of nitrogens with zero attached hydrogens (tertiary/aromatic N) is 2. The Bertz CT molecular complexity index is 492. The highest BCUT2D eigenvalue weighted by Crippen LogP contribution is 2.18. The Balaban J connectivity index is 1.81. The van der Waals surface area contributed by atoms with Crippen LogP contribution in [0.3, 0.4) is 0 Å². The molecule has 0 spiro atoms. The molecule has 1 aliphatic heterocycles. The van der Waals surface area contributed by atoms with Crippen LogP contribution >= 0.6 is 15.9 Å². The van der Waals surface area contributed by atoms with Crippen LogP contribution in [0.2, 0.25) is 0 Å². The number of likely N-dealkylation sites (tertiary alicyclic amines) is 1. The summed E-state index contributed by atoms with van der Waals surface area (Å²) < 4.78 is 6.62. The molecule has 1 unspecified atom stereocenters. The number of hydrogen-bond acceptors (Lipinski definition) is 4. The van der Waals surface area contributed by atoms with Crippen LogP contribution in [-0.2, 0) is 9.59 Å². The lowest BCUT2D eigenvalue weighted by Crippen LogP contribution is -2.39. The first kappa shape index (κ1) is 14.8. The average molecular weight is 342 g/mol. The summed E-state index contributed by atoms with van der Waals surface area (Å²) >= 11 is 3.31. The summed E-state index contributed by atoms with van der Waals surface area (Å²) in [6.07, 6.45) is 2.39. The molecular formula is C13H16BrN3O3. The highest BCUT2D eigenvalue weighted by Gasteiger charge is 2.27. The highest BCUT2D eigenvalue weighted by atomic mass is 79.9. The van der Waals surface area contributed by atoms with E-state index in [0.717, 1.165) is 10.9 Å². The molecule has 0 saturated carbocycles. The smallest absolute Gasteiger partial charge is 0.242 e. The average Bonchev–Trinajstić information content (AvgIpc) is 2.87. The van der Waals surface area contributed by atoms with Crippen LogP contribution in [0.4, 0.5) is 0 Å². The first-order valence-corrected chi connectivity index (χ1v) is 7.14. The van der Waals surface area contributed by atoms with Gasteiger partial charge in [-0.1, -0.05) is 0 Å². The third-order valence-corrected chi connectivity index (χ3v) is 3.44. The fraction of sp³-hybridized carbons (Fsp3) is 0.462. The second-order valence-corrected chi connectivity index (χ2v) is 5.51. The Labute approximate surface area is 125 Å². The number of halogens is 1. The molecule has 1 atom stereocenters. The molecule has 2 heterocycles. The Hall–Kier alpha value is -1.63. The number of amides is 2. The molecule has 7 heteroatoms. The monoisotopic (exact) mass is 341 g/mol. The second kappa shape index (κ2) is 6.69. The van der Waals surface area contributed by atoms with E-state index in [4.69, 9.17) is 4.74 Å². The van der Waals surface area contributed by atoms with E-state index in [-0.39, 0.29) is 24.5 Å². The summed E-state index contributed by atoms with van der Waals surface area (Å²) in [4.78, 5) is 28.4. The number of carbonyl (C=O) groups excluding carboxylic acids is 2. The maximum atomic E-state index is 11.8. The van der Waals surface area contributed by atoms with E-state index < -0.39 is 0 Å². The Morgan fingerprint density at radius 2 is 2.35 bits per heavy atom. The number of pyridine rings is 1. The van der Waals surface area contributed by atoms with Crippen molar-refractivity contribution in [2.45, 2.75) is 19.4 Å². The molecule has 1 N–H and O–H groups in total. The van der Waals surface area contributed by atoms with E-state index in [1.165, 1.54) is 6.92 Å². The number of nitrogens with one attached hydrogen (secondary N) is 1. The molecule has 108 valence electrons. The van der Waals surface area contributed by atoms with Crippen LogP contribution in [0, 0.1) is 0 Å². The fourth-order valence-electron chi connectivity index (χ4n) is 1.97. The zero-order chi connectivity index (χ0) is 14.5. The minimum atomic E-state index is -0.204. The van der Waals surface area contributed by atoms with E-state index in [9.17, 15) is 9.59 Å². The quantitative estimate of drug-likeness (QED) is 0.885. The maximum Gasteiger partial charge on any atom is 0.242 e. The van der Waals surface area contributed by atoms with Crippen molar-refractivity contribution in [2.75, 3.05) is 19.6 Å². The van der Waals surface area contributed by atoms with E-state index in [1.54, 1.807) is 17.2 Å². The number of hydrogen-bond donors (Lipinski definition) is 1. The van der Waals surface area contributed by atoms with Crippen molar-refractivity contribution in [3.63, 3.8) is 0 Å². The minimum absolute atomic E-state index is 0.0403. The van der Waals surface area contributed by atoms with Gasteiger partial charge in [0.25, 0.3) is 0 Å². The van der Waals surface area contributed by atoms with E-state index in [1.807, 2.05) is 6.07 Å². The summed E-state index contributed by atoms with van der Waals surface area (Å²) in [5.74, 6) is 0.258. The molecule has 20 heavy (non-hydrogen) atoms. The van der Waals surface area contributed by atoms with Crippen molar-refractivity contribution in [2.24, 2.45) is 0 Å². The van der Waals surface area contributed by atoms with Crippen molar-refractivity contribution in [1.29, 1.82) is 0 Å². The summed E-state index contributed by atoms with van der Waals surface area (Å²) in [7, 11) is 0. The third kappa shape index (κ3) is 4.19. The second-order valence-electron chi connectivity index (χ2n) is 4.59. The van der Waals surface area contributed by atoms with Crippen LogP contribution < -0.4 is 10.1 Å². The van der Waals surface area contributed by atoms with Gasteiger partial charge in [0, 0.05) is 36.6 Å². The predicted molar refractivity (Wildman–Crippen MR) is 76.2 cm³/mol. The van der Waals surface area contributed by atoms with E-state index >= 15 is 0 Å². The first-order valence-electron chi connectivity index (χ1n) is 6.35. The molecule has 1 aromatic rings. The van der Waals surface area contributed by atoms with Crippen molar-refractivity contribution in [3.8, 4) is 5.88 Å². The van der Waals surface area contributed by atoms with Gasteiger partial charge in [-0.25, -0.2) is 4.98 Å². The van der Waals surface area contributed by atoms with Gasteiger partial charge in [0.05, 0.1) is 13.1 Å². The number of rotatable bonds is 4. The lowest BCUT2D eigenvalue weighted by Gasteiger charge is -2.17. The summed E-state index contributed by atoms with van der Waals surface area (Å²) in [5.41, 5.74) is 0. The summed E-state index contributed by atoms with van der Waals surface area (Å²) in [5, 5.41) is 2.50. The topological polar surface area (TPSA) is 71.5 Å². The molecule has 0 aliphatic carbocycles. The fourth-order valence-corrected chi connectivity index (χ4v) is 2.20. The van der Waals surface area contributed by atoms with Crippen molar-refractivity contribution < 1.29 is 14.3 Å². The van der Waals surface area contributed by atoms with Gasteiger partial charge in [0.2, 0.25) is 17.7 Å². The maximum absolute atomic E-state index is 11.8. The molecule has 1 fully saturated rings. The molecule has 2 amide bonds. The number of ether oxygens (including phenoxy) is 1. The molecule has 1 aromatic heterocycles. The van der Waals surface area contributed by atoms with E-state index in [2.05, 4.69) is 26.2 Å². The normalized spacial score (nSPS) is 17.9. The molecular weight excluding hydrogens is 326 g/mol. The lowest BCUT2D eigenvalue weighted by atomic mass is 10.3. The minimum Gasteiger partial charge on any atom is -0.472 e. The molecule has 1 aliphatic rings. The van der Waals surface area contributed by atoms with E-state index in [0.29, 0.717) is 19.0 Å². The molecule has 0 aromatic carbocycles. The first-order chi connectivity index (χ1) is 9.54. The Morgan fingerprint density at radius 1 is 1.55 bits per heavy atom. The number of aromatic nitrogens is 1. The zero-order valence-electron chi connectivity index (χ0n) is 11.1. The zero-order valence-corrected chi connectivity index (χ0v) is 12.7. The highest BCUT2D eigenvalue weighted by molar-refractivity contribution is 9.10. The van der Waals surface area contributed by atoms with Crippen LogP contribution in [0.15, 0.2) is 22.8 Å². The van der Waals surface area contributed by atoms with Crippen molar-refractivity contribution in [1.82, 2.24) is 15.2 Å². The predicted octanol–water partition coefficient (Wildman–Crippen LogP) is 0.960. The van der Waals surface area contributed by atoms with Gasteiger partial charge in [0.1, 0.15) is 6.10 Å². The van der Waals surface area contributed by atoms with Crippen LogP contribution in [0.1, 0.15) is 13.3 Å². The summed E-state index contributed by atoms with van der Waals surface area (Å²) in [6.45, 7) is 2.59. The van der Waals surface area contributed by atoms with Gasteiger partial charge >= 0.3 is 0 Å². The number of carbonyl (C=O) groups is 2. The Morgan fingerprint density at radius 3 is 3.00 bits per heavy atom. The molecule has 1 saturated heterocycles. The van der Waals surface area contributed by atoms with Gasteiger partial charge in [-0.2, -0.15) is 0 Å². The van der Waals surface area contributed by atoms with Crippen molar-refractivity contribution >= 4 is 27.7 Å². The Kier molecular flexibility index (Phi) is 4.94. The van der Waals surface area contributed by atoms with Crippen LogP contribution in [0.5, 0.6) is 5.88 Å². The van der Waals surface area contributed by atoms with Crippen molar-refractivity contribution in [3.05, 3.63) is 22.8 Å². The summed E-state index contributed by atoms with van der Waals surface area (Å²) in [6, 6.07) is 3.64. The molecule has 2 rings (SSSR count). The van der Waals surface area contributed by atoms with Gasteiger partial charge in [-0.15, -0.1) is 0 Å². The molecule has 0 bridgehead atoms. The molecule has 0 radical (unpaired) electrons. The van der Waals surface area contributed by atoms with Crippen LogP contribution in [-0.4, -0.2) is 47.4 Å². The SMILES string of the molecule is CC(=O)NCC(=O)N1CCC(Oc2ccc(Br)cn2)C1.